The molecule has 1 saturated heterocycles. The molecule has 0 amide bonds. The van der Waals surface area contributed by atoms with Crippen molar-refractivity contribution in [1.82, 2.24) is 14.7 Å². The molecule has 3 heterocycles. The highest BCUT2D eigenvalue weighted by Crippen LogP contribution is 2.23. The Balaban J connectivity index is 1.73. The van der Waals surface area contributed by atoms with Gasteiger partial charge in [0.2, 0.25) is 0 Å². The van der Waals surface area contributed by atoms with E-state index in [0.717, 1.165) is 36.6 Å². The van der Waals surface area contributed by atoms with Crippen LogP contribution in [0.15, 0.2) is 53.5 Å². The predicted molar refractivity (Wildman–Crippen MR) is 111 cm³/mol. The van der Waals surface area contributed by atoms with Crippen molar-refractivity contribution in [3.05, 3.63) is 59.0 Å². The van der Waals surface area contributed by atoms with Gasteiger partial charge in [0.1, 0.15) is 5.65 Å². The second kappa shape index (κ2) is 7.04. The van der Waals surface area contributed by atoms with E-state index >= 15 is 0 Å². The van der Waals surface area contributed by atoms with Crippen molar-refractivity contribution >= 4 is 17.0 Å². The molecule has 140 valence electrons. The van der Waals surface area contributed by atoms with Crippen molar-refractivity contribution in [1.29, 1.82) is 0 Å². The first kappa shape index (κ1) is 17.5. The SMILES string of the molecule is C[C@H]1CN(c2ccc3nc(-c4cccc(N(C)C)c4)cc(=O)n3c2)CCN1. The van der Waals surface area contributed by atoms with Crippen LogP contribution >= 0.6 is 0 Å². The smallest absolute Gasteiger partial charge is 0.258 e. The molecule has 0 bridgehead atoms. The van der Waals surface area contributed by atoms with Crippen LogP contribution in [0.3, 0.4) is 0 Å². The number of rotatable bonds is 3. The number of nitrogens with one attached hydrogen (secondary N) is 1. The van der Waals surface area contributed by atoms with Crippen LogP contribution in [0.1, 0.15) is 6.92 Å². The Kier molecular flexibility index (Phi) is 4.58. The summed E-state index contributed by atoms with van der Waals surface area (Å²) >= 11 is 0. The van der Waals surface area contributed by atoms with Gasteiger partial charge >= 0.3 is 0 Å². The lowest BCUT2D eigenvalue weighted by Crippen LogP contribution is -2.49. The lowest BCUT2D eigenvalue weighted by molar-refractivity contribution is 0.484. The highest BCUT2D eigenvalue weighted by atomic mass is 16.1. The van der Waals surface area contributed by atoms with Gasteiger partial charge in [0.15, 0.2) is 0 Å². The summed E-state index contributed by atoms with van der Waals surface area (Å²) in [6, 6.07) is 14.1. The molecule has 1 N–H and O–H groups in total. The Hall–Kier alpha value is -2.86. The Labute approximate surface area is 159 Å². The Morgan fingerprint density at radius 1 is 1.19 bits per heavy atom. The van der Waals surface area contributed by atoms with E-state index in [2.05, 4.69) is 29.3 Å². The molecule has 0 radical (unpaired) electrons. The molecular formula is C21H25N5O. The highest BCUT2D eigenvalue weighted by molar-refractivity contribution is 5.67. The number of hydrogen-bond donors (Lipinski definition) is 1. The highest BCUT2D eigenvalue weighted by Gasteiger charge is 2.16. The van der Waals surface area contributed by atoms with Crippen LogP contribution in [0, 0.1) is 0 Å². The van der Waals surface area contributed by atoms with E-state index in [9.17, 15) is 4.79 Å². The molecule has 1 fully saturated rings. The summed E-state index contributed by atoms with van der Waals surface area (Å²) in [6.45, 7) is 5.00. The van der Waals surface area contributed by atoms with Crippen molar-refractivity contribution in [2.75, 3.05) is 43.5 Å². The molecule has 1 atom stereocenters. The van der Waals surface area contributed by atoms with Crippen LogP contribution in [0.2, 0.25) is 0 Å². The average Bonchev–Trinajstić information content (AvgIpc) is 2.68. The van der Waals surface area contributed by atoms with E-state index in [-0.39, 0.29) is 5.56 Å². The molecule has 1 aliphatic heterocycles. The Morgan fingerprint density at radius 3 is 2.81 bits per heavy atom. The van der Waals surface area contributed by atoms with Crippen molar-refractivity contribution < 1.29 is 0 Å². The van der Waals surface area contributed by atoms with Gasteiger partial charge in [-0.05, 0) is 31.2 Å². The predicted octanol–water partition coefficient (Wildman–Crippen LogP) is 2.23. The minimum absolute atomic E-state index is 0.0599. The van der Waals surface area contributed by atoms with Crippen LogP contribution in [0.5, 0.6) is 0 Å². The zero-order valence-electron chi connectivity index (χ0n) is 16.0. The van der Waals surface area contributed by atoms with Gasteiger partial charge in [-0.1, -0.05) is 12.1 Å². The maximum absolute atomic E-state index is 12.8. The van der Waals surface area contributed by atoms with E-state index < -0.39 is 0 Å². The van der Waals surface area contributed by atoms with Gasteiger partial charge in [0.25, 0.3) is 5.56 Å². The second-order valence-electron chi connectivity index (χ2n) is 7.34. The molecule has 0 saturated carbocycles. The van der Waals surface area contributed by atoms with E-state index in [4.69, 9.17) is 4.98 Å². The Bertz CT molecular complexity index is 1030. The fourth-order valence-corrected chi connectivity index (χ4v) is 3.54. The number of benzene rings is 1. The van der Waals surface area contributed by atoms with Crippen LogP contribution < -0.4 is 20.7 Å². The zero-order valence-corrected chi connectivity index (χ0v) is 16.0. The van der Waals surface area contributed by atoms with Crippen LogP contribution in [0.4, 0.5) is 11.4 Å². The molecule has 1 aliphatic rings. The molecule has 0 unspecified atom stereocenters. The van der Waals surface area contributed by atoms with E-state index in [0.29, 0.717) is 17.4 Å². The first-order chi connectivity index (χ1) is 13.0. The lowest BCUT2D eigenvalue weighted by atomic mass is 10.1. The van der Waals surface area contributed by atoms with Gasteiger partial charge in [-0.3, -0.25) is 9.20 Å². The number of piperazine rings is 1. The largest absolute Gasteiger partial charge is 0.378 e. The van der Waals surface area contributed by atoms with Gasteiger partial charge in [-0.2, -0.15) is 0 Å². The van der Waals surface area contributed by atoms with Crippen molar-refractivity contribution in [3.63, 3.8) is 0 Å². The van der Waals surface area contributed by atoms with Crippen LogP contribution in [-0.4, -0.2) is 49.2 Å². The monoisotopic (exact) mass is 363 g/mol. The Morgan fingerprint density at radius 2 is 2.04 bits per heavy atom. The molecular weight excluding hydrogens is 338 g/mol. The summed E-state index contributed by atoms with van der Waals surface area (Å²) in [5, 5.41) is 3.44. The van der Waals surface area contributed by atoms with Gasteiger partial charge in [-0.15, -0.1) is 0 Å². The minimum Gasteiger partial charge on any atom is -0.378 e. The third kappa shape index (κ3) is 3.53. The van der Waals surface area contributed by atoms with Crippen molar-refractivity contribution in [2.24, 2.45) is 0 Å². The summed E-state index contributed by atoms with van der Waals surface area (Å²) in [4.78, 5) is 21.8. The van der Waals surface area contributed by atoms with E-state index in [1.165, 1.54) is 0 Å². The first-order valence-electron chi connectivity index (χ1n) is 9.31. The molecule has 2 aromatic heterocycles. The summed E-state index contributed by atoms with van der Waals surface area (Å²) in [7, 11) is 4.00. The topological polar surface area (TPSA) is 52.9 Å². The number of hydrogen-bond acceptors (Lipinski definition) is 5. The van der Waals surface area contributed by atoms with Gasteiger partial charge in [0.05, 0.1) is 11.4 Å². The zero-order chi connectivity index (χ0) is 19.0. The third-order valence-corrected chi connectivity index (χ3v) is 5.04. The second-order valence-corrected chi connectivity index (χ2v) is 7.34. The minimum atomic E-state index is -0.0599. The summed E-state index contributed by atoms with van der Waals surface area (Å²) in [6.07, 6.45) is 1.91. The molecule has 0 spiro atoms. The fraction of sp³-hybridized carbons (Fsp3) is 0.333. The van der Waals surface area contributed by atoms with Crippen LogP contribution in [-0.2, 0) is 0 Å². The fourth-order valence-electron chi connectivity index (χ4n) is 3.54. The molecule has 6 nitrogen and oxygen atoms in total. The molecule has 0 aliphatic carbocycles. The summed E-state index contributed by atoms with van der Waals surface area (Å²) < 4.78 is 1.64. The molecule has 4 rings (SSSR count). The average molecular weight is 363 g/mol. The maximum Gasteiger partial charge on any atom is 0.258 e. The lowest BCUT2D eigenvalue weighted by Gasteiger charge is -2.33. The van der Waals surface area contributed by atoms with Gasteiger partial charge < -0.3 is 15.1 Å². The summed E-state index contributed by atoms with van der Waals surface area (Å²) in [5.74, 6) is 0. The van der Waals surface area contributed by atoms with Gasteiger partial charge in [0, 0.05) is 63.3 Å². The van der Waals surface area contributed by atoms with E-state index in [1.807, 2.05) is 49.5 Å². The van der Waals surface area contributed by atoms with Crippen molar-refractivity contribution in [2.45, 2.75) is 13.0 Å². The standard InChI is InChI=1S/C21H25N5O/c1-15-13-25(10-9-22-15)18-7-8-20-23-19(12-21(27)26(20)14-18)16-5-4-6-17(11-16)24(2)3/h4-8,11-12,14-15,22H,9-10,13H2,1-3H3/t15-/m0/s1. The third-order valence-electron chi connectivity index (χ3n) is 5.04. The number of anilines is 2. The number of pyridine rings is 1. The maximum atomic E-state index is 12.8. The summed E-state index contributed by atoms with van der Waals surface area (Å²) in [5.41, 5.74) is 4.39. The van der Waals surface area contributed by atoms with E-state index in [1.54, 1.807) is 10.5 Å². The quantitative estimate of drug-likeness (QED) is 0.773. The molecule has 1 aromatic carbocycles. The number of fused-ring (bicyclic) bond motifs is 1. The first-order valence-corrected chi connectivity index (χ1v) is 9.31. The number of nitrogens with zero attached hydrogens (tertiary/aromatic N) is 4. The van der Waals surface area contributed by atoms with Gasteiger partial charge in [-0.25, -0.2) is 4.98 Å². The molecule has 27 heavy (non-hydrogen) atoms. The normalized spacial score (nSPS) is 17.3. The number of aromatic nitrogens is 2. The molecule has 3 aromatic rings. The van der Waals surface area contributed by atoms with Crippen LogP contribution in [0.25, 0.3) is 16.9 Å². The van der Waals surface area contributed by atoms with Crippen molar-refractivity contribution in [3.8, 4) is 11.3 Å². The molecule has 6 heteroatoms.